The molecular weight excluding hydrogens is 342 g/mol. The Hall–Kier alpha value is -1.92. The van der Waals surface area contributed by atoms with Crippen molar-refractivity contribution in [3.8, 4) is 0 Å². The molecule has 27 heavy (non-hydrogen) atoms. The fraction of sp³-hybridized carbons (Fsp3) is 0.619. The van der Waals surface area contributed by atoms with Crippen LogP contribution in [0, 0.1) is 12.8 Å². The molecular formula is C21H31N3O3. The number of benzene rings is 1. The Labute approximate surface area is 161 Å². The summed E-state index contributed by atoms with van der Waals surface area (Å²) in [6, 6.07) is 8.02. The predicted molar refractivity (Wildman–Crippen MR) is 104 cm³/mol. The first kappa shape index (κ1) is 19.8. The minimum Gasteiger partial charge on any atom is -0.379 e. The van der Waals surface area contributed by atoms with Gasteiger partial charge in [-0.3, -0.25) is 14.5 Å². The monoisotopic (exact) mass is 373 g/mol. The number of hydrogen-bond donors (Lipinski definition) is 1. The smallest absolute Gasteiger partial charge is 0.225 e. The highest BCUT2D eigenvalue weighted by atomic mass is 16.5. The normalized spacial score (nSPS) is 24.1. The number of hydrogen-bond acceptors (Lipinski definition) is 4. The van der Waals surface area contributed by atoms with Crippen LogP contribution in [0.1, 0.15) is 36.9 Å². The maximum Gasteiger partial charge on any atom is 0.225 e. The Bertz CT molecular complexity index is 641. The van der Waals surface area contributed by atoms with Crippen molar-refractivity contribution < 1.29 is 14.3 Å². The Kier molecular flexibility index (Phi) is 6.85. The van der Waals surface area contributed by atoms with Crippen molar-refractivity contribution in [2.75, 3.05) is 45.9 Å². The predicted octanol–water partition coefficient (Wildman–Crippen LogP) is 1.74. The average molecular weight is 373 g/mol. The second-order valence-corrected chi connectivity index (χ2v) is 7.43. The third kappa shape index (κ3) is 4.87. The molecule has 0 aromatic heterocycles. The van der Waals surface area contributed by atoms with Crippen LogP contribution < -0.4 is 5.32 Å². The molecule has 2 heterocycles. The highest BCUT2D eigenvalue weighted by molar-refractivity contribution is 5.85. The van der Waals surface area contributed by atoms with Crippen LogP contribution in [0.15, 0.2) is 24.3 Å². The quantitative estimate of drug-likeness (QED) is 0.825. The van der Waals surface area contributed by atoms with E-state index in [1.54, 1.807) is 0 Å². The maximum absolute atomic E-state index is 13.0. The van der Waals surface area contributed by atoms with Crippen molar-refractivity contribution >= 4 is 11.8 Å². The van der Waals surface area contributed by atoms with Crippen molar-refractivity contribution in [1.29, 1.82) is 0 Å². The van der Waals surface area contributed by atoms with E-state index in [0.717, 1.165) is 38.4 Å². The molecule has 3 rings (SSSR count). The molecule has 0 aliphatic carbocycles. The molecule has 1 aromatic carbocycles. The van der Waals surface area contributed by atoms with Crippen LogP contribution in [-0.2, 0) is 14.3 Å². The Balaban J connectivity index is 1.67. The molecule has 2 amide bonds. The summed E-state index contributed by atoms with van der Waals surface area (Å²) in [6.07, 6.45) is 1.05. The summed E-state index contributed by atoms with van der Waals surface area (Å²) in [4.78, 5) is 29.6. The van der Waals surface area contributed by atoms with Gasteiger partial charge in [-0.1, -0.05) is 29.8 Å². The third-order valence-electron chi connectivity index (χ3n) is 5.63. The van der Waals surface area contributed by atoms with Crippen molar-refractivity contribution in [3.63, 3.8) is 0 Å². The lowest BCUT2D eigenvalue weighted by Crippen LogP contribution is -2.49. The molecule has 0 spiro atoms. The van der Waals surface area contributed by atoms with Gasteiger partial charge in [0.1, 0.15) is 0 Å². The zero-order valence-electron chi connectivity index (χ0n) is 16.4. The van der Waals surface area contributed by atoms with Gasteiger partial charge in [-0.2, -0.15) is 0 Å². The molecule has 1 aromatic rings. The molecule has 1 N–H and O–H groups in total. The lowest BCUT2D eigenvalue weighted by atomic mass is 9.83. The first-order valence-electron chi connectivity index (χ1n) is 10.0. The molecule has 0 bridgehead atoms. The van der Waals surface area contributed by atoms with Gasteiger partial charge in [0.2, 0.25) is 11.8 Å². The van der Waals surface area contributed by atoms with E-state index < -0.39 is 0 Å². The number of aryl methyl sites for hydroxylation is 1. The van der Waals surface area contributed by atoms with Gasteiger partial charge in [-0.05, 0) is 25.8 Å². The molecule has 2 fully saturated rings. The van der Waals surface area contributed by atoms with E-state index >= 15 is 0 Å². The topological polar surface area (TPSA) is 61.9 Å². The number of morpholine rings is 1. The van der Waals surface area contributed by atoms with Crippen molar-refractivity contribution in [2.45, 2.75) is 32.7 Å². The van der Waals surface area contributed by atoms with Gasteiger partial charge in [0, 0.05) is 39.1 Å². The minimum atomic E-state index is -0.199. The van der Waals surface area contributed by atoms with Crippen LogP contribution in [0.3, 0.4) is 0 Å². The Morgan fingerprint density at radius 3 is 2.59 bits per heavy atom. The second-order valence-electron chi connectivity index (χ2n) is 7.43. The Morgan fingerprint density at radius 2 is 1.93 bits per heavy atom. The van der Waals surface area contributed by atoms with Gasteiger partial charge in [0.15, 0.2) is 0 Å². The highest BCUT2D eigenvalue weighted by Crippen LogP contribution is 2.36. The lowest BCUT2D eigenvalue weighted by molar-refractivity contribution is -0.143. The lowest BCUT2D eigenvalue weighted by Gasteiger charge is -2.40. The molecule has 2 atom stereocenters. The molecule has 2 aliphatic heterocycles. The maximum atomic E-state index is 13.0. The number of likely N-dealkylation sites (tertiary alicyclic amines) is 1. The van der Waals surface area contributed by atoms with Gasteiger partial charge in [-0.15, -0.1) is 0 Å². The zero-order valence-corrected chi connectivity index (χ0v) is 16.4. The van der Waals surface area contributed by atoms with Crippen LogP contribution in [0.5, 0.6) is 0 Å². The fourth-order valence-corrected chi connectivity index (χ4v) is 4.07. The van der Waals surface area contributed by atoms with E-state index in [1.165, 1.54) is 5.56 Å². The summed E-state index contributed by atoms with van der Waals surface area (Å²) >= 11 is 0. The van der Waals surface area contributed by atoms with Crippen LogP contribution in [0.2, 0.25) is 0 Å². The first-order chi connectivity index (χ1) is 13.1. The van der Waals surface area contributed by atoms with Gasteiger partial charge < -0.3 is 15.0 Å². The molecule has 0 unspecified atom stereocenters. The number of nitrogens with zero attached hydrogens (tertiary/aromatic N) is 2. The number of amides is 2. The van der Waals surface area contributed by atoms with E-state index in [0.29, 0.717) is 25.9 Å². The number of ether oxygens (including phenoxy) is 1. The highest BCUT2D eigenvalue weighted by Gasteiger charge is 2.39. The summed E-state index contributed by atoms with van der Waals surface area (Å²) in [6.45, 7) is 9.49. The van der Waals surface area contributed by atoms with Crippen molar-refractivity contribution in [1.82, 2.24) is 15.1 Å². The number of rotatable bonds is 6. The number of nitrogens with one attached hydrogen (secondary N) is 1. The Morgan fingerprint density at radius 1 is 1.22 bits per heavy atom. The summed E-state index contributed by atoms with van der Waals surface area (Å²) < 4.78 is 5.36. The van der Waals surface area contributed by atoms with Crippen LogP contribution >= 0.6 is 0 Å². The molecule has 6 heteroatoms. The first-order valence-corrected chi connectivity index (χ1v) is 10.0. The van der Waals surface area contributed by atoms with Crippen LogP contribution in [0.4, 0.5) is 0 Å². The fourth-order valence-electron chi connectivity index (χ4n) is 4.07. The van der Waals surface area contributed by atoms with Gasteiger partial charge in [-0.25, -0.2) is 0 Å². The number of carbonyl (C=O) groups excluding carboxylic acids is 2. The molecule has 0 saturated carbocycles. The van der Waals surface area contributed by atoms with E-state index in [2.05, 4.69) is 34.5 Å². The van der Waals surface area contributed by atoms with Gasteiger partial charge >= 0.3 is 0 Å². The number of piperidine rings is 1. The molecule has 6 nitrogen and oxygen atoms in total. The largest absolute Gasteiger partial charge is 0.379 e. The molecule has 0 radical (unpaired) electrons. The summed E-state index contributed by atoms with van der Waals surface area (Å²) in [5, 5.41) is 3.11. The SMILES string of the molecule is CCN1C(=O)CC[C@@H](C(=O)NCCN2CCOCC2)[C@@H]1c1ccc(C)cc1. The standard InChI is InChI=1S/C21H31N3O3/c1-3-24-19(25)9-8-18(20(24)17-6-4-16(2)5-7-17)21(26)22-10-11-23-12-14-27-15-13-23/h4-7,18,20H,3,8-15H2,1-2H3,(H,22,26)/t18-,20+/m1/s1. The van der Waals surface area contributed by atoms with Crippen LogP contribution in [-0.4, -0.2) is 67.6 Å². The third-order valence-corrected chi connectivity index (χ3v) is 5.63. The molecule has 148 valence electrons. The molecule has 2 aliphatic rings. The molecule has 2 saturated heterocycles. The van der Waals surface area contributed by atoms with E-state index in [1.807, 2.05) is 18.7 Å². The van der Waals surface area contributed by atoms with E-state index in [-0.39, 0.29) is 23.8 Å². The number of carbonyl (C=O) groups is 2. The van der Waals surface area contributed by atoms with Gasteiger partial charge in [0.05, 0.1) is 25.2 Å². The van der Waals surface area contributed by atoms with Crippen molar-refractivity contribution in [2.24, 2.45) is 5.92 Å². The summed E-state index contributed by atoms with van der Waals surface area (Å²) in [5.74, 6) is -0.00438. The average Bonchev–Trinajstić information content (AvgIpc) is 2.69. The van der Waals surface area contributed by atoms with Crippen molar-refractivity contribution in [3.05, 3.63) is 35.4 Å². The summed E-state index contributed by atoms with van der Waals surface area (Å²) in [5.41, 5.74) is 2.22. The van der Waals surface area contributed by atoms with Gasteiger partial charge in [0.25, 0.3) is 0 Å². The van der Waals surface area contributed by atoms with E-state index in [4.69, 9.17) is 4.74 Å². The minimum absolute atomic E-state index is 0.0554. The second kappa shape index (κ2) is 9.33. The summed E-state index contributed by atoms with van der Waals surface area (Å²) in [7, 11) is 0. The zero-order chi connectivity index (χ0) is 19.2. The van der Waals surface area contributed by atoms with E-state index in [9.17, 15) is 9.59 Å². The van der Waals surface area contributed by atoms with Crippen LogP contribution in [0.25, 0.3) is 0 Å².